The Bertz CT molecular complexity index is 2170. The van der Waals surface area contributed by atoms with Gasteiger partial charge >= 0.3 is 18.1 Å². The van der Waals surface area contributed by atoms with E-state index < -0.39 is 35.0 Å². The largest absolute Gasteiger partial charge is 0.469 e. The highest BCUT2D eigenvalue weighted by Crippen LogP contribution is 2.47. The van der Waals surface area contributed by atoms with E-state index in [2.05, 4.69) is 15.2 Å². The summed E-state index contributed by atoms with van der Waals surface area (Å²) in [6.45, 7) is 7.03. The first-order chi connectivity index (χ1) is 25.2. The molecule has 3 aliphatic heterocycles. The van der Waals surface area contributed by atoms with E-state index in [9.17, 15) is 19.2 Å². The lowest BCUT2D eigenvalue weighted by molar-refractivity contribution is -0.146. The maximum Gasteiger partial charge on any atom is 0.412 e. The van der Waals surface area contributed by atoms with Crippen LogP contribution < -0.4 is 15.0 Å². The topological polar surface area (TPSA) is 130 Å². The van der Waals surface area contributed by atoms with Crippen LogP contribution in [0.5, 0.6) is 6.01 Å². The second-order valence-corrected chi connectivity index (χ2v) is 16.2. The molecule has 1 amide bonds. The predicted molar refractivity (Wildman–Crippen MR) is 195 cm³/mol. The lowest BCUT2D eigenvalue weighted by Gasteiger charge is -2.33. The summed E-state index contributed by atoms with van der Waals surface area (Å²) >= 11 is 7.70. The number of hydrogen-bond acceptors (Lipinski definition) is 11. The van der Waals surface area contributed by atoms with Crippen LogP contribution in [0.3, 0.4) is 0 Å². The molecule has 3 aliphatic rings. The average Bonchev–Trinajstić information content (AvgIpc) is 3.77. The predicted octanol–water partition coefficient (Wildman–Crippen LogP) is 8.01. The standard InChI is InChI=1S/C37H38ClF3N6O5S/c1-36(2,3)52-35(49)45-32-23(16-42)26-21(6-7-25(40)30(26)53-32)27-24(38)14-22-29(28(27)41)43-34(51-18-37-10-5-11-47(37)17-20(39)15-37)44-31(22)46-12-8-19(9-13-46)33(48)50-4/h6-7,14,19-20H,5,8-13,15,17-18H2,1-4H3,(H,45,49)/t20-,37+/m1/s1. The maximum absolute atomic E-state index is 17.2. The van der Waals surface area contributed by atoms with Gasteiger partial charge in [-0.1, -0.05) is 17.7 Å². The number of fused-ring (bicyclic) bond motifs is 3. The molecule has 0 bridgehead atoms. The number of esters is 1. The van der Waals surface area contributed by atoms with Crippen LogP contribution in [-0.4, -0.2) is 84.1 Å². The number of nitrogens with zero attached hydrogens (tertiary/aromatic N) is 5. The smallest absolute Gasteiger partial charge is 0.412 e. The highest BCUT2D eigenvalue weighted by atomic mass is 35.5. The molecule has 5 heterocycles. The summed E-state index contributed by atoms with van der Waals surface area (Å²) in [5.74, 6) is -1.80. The molecule has 11 nitrogen and oxygen atoms in total. The van der Waals surface area contributed by atoms with Crippen molar-refractivity contribution in [2.45, 2.75) is 70.2 Å². The maximum atomic E-state index is 17.2. The zero-order chi connectivity index (χ0) is 37.8. The molecule has 0 radical (unpaired) electrons. The number of anilines is 2. The van der Waals surface area contributed by atoms with E-state index in [1.807, 2.05) is 11.0 Å². The van der Waals surface area contributed by atoms with Crippen LogP contribution in [0.2, 0.25) is 5.02 Å². The van der Waals surface area contributed by atoms with Gasteiger partial charge in [0.1, 0.15) is 46.6 Å². The number of nitrogens with one attached hydrogen (secondary N) is 1. The normalized spacial score (nSPS) is 20.8. The Hall–Kier alpha value is -4.39. The SMILES string of the molecule is COC(=O)C1CCN(c2nc(OC[C@@]34CCCN3C[C@H](F)C4)nc3c(F)c(-c4ccc(F)c5sc(NC(=O)OC(C)(C)C)c(C#N)c45)c(Cl)cc23)CC1. The molecule has 0 spiro atoms. The highest BCUT2D eigenvalue weighted by Gasteiger charge is 2.49. The number of alkyl halides is 1. The molecule has 0 saturated carbocycles. The van der Waals surface area contributed by atoms with Crippen molar-refractivity contribution in [2.75, 3.05) is 50.1 Å². The van der Waals surface area contributed by atoms with E-state index in [4.69, 9.17) is 30.8 Å². The van der Waals surface area contributed by atoms with Gasteiger partial charge in [-0.25, -0.2) is 18.0 Å². The first-order valence-electron chi connectivity index (χ1n) is 17.4. The average molecular weight is 771 g/mol. The van der Waals surface area contributed by atoms with E-state index in [0.717, 1.165) is 36.8 Å². The molecule has 2 aromatic carbocycles. The van der Waals surface area contributed by atoms with Crippen LogP contribution in [0.15, 0.2) is 18.2 Å². The molecule has 2 aromatic heterocycles. The van der Waals surface area contributed by atoms with Gasteiger partial charge in [-0.05, 0) is 70.7 Å². The fourth-order valence-electron chi connectivity index (χ4n) is 7.82. The summed E-state index contributed by atoms with van der Waals surface area (Å²) in [6.07, 6.45) is 1.09. The summed E-state index contributed by atoms with van der Waals surface area (Å²) in [7, 11) is 1.35. The molecule has 16 heteroatoms. The van der Waals surface area contributed by atoms with Crippen LogP contribution >= 0.6 is 22.9 Å². The Morgan fingerprint density at radius 2 is 1.94 bits per heavy atom. The van der Waals surface area contributed by atoms with Crippen LogP contribution in [-0.2, 0) is 14.3 Å². The Morgan fingerprint density at radius 3 is 2.64 bits per heavy atom. The molecule has 1 N–H and O–H groups in total. The molecular weight excluding hydrogens is 733 g/mol. The van der Waals surface area contributed by atoms with Gasteiger partial charge in [0.25, 0.3) is 0 Å². The number of ether oxygens (including phenoxy) is 3. The second kappa shape index (κ2) is 14.1. The Balaban J connectivity index is 1.34. The Kier molecular flexibility index (Phi) is 9.84. The number of piperidine rings is 1. The minimum atomic E-state index is -0.979. The van der Waals surface area contributed by atoms with Gasteiger partial charge in [0.15, 0.2) is 5.82 Å². The third-order valence-electron chi connectivity index (χ3n) is 10.2. The zero-order valence-electron chi connectivity index (χ0n) is 29.7. The Labute approximate surface area is 313 Å². The third-order valence-corrected chi connectivity index (χ3v) is 11.6. The number of aromatic nitrogens is 2. The zero-order valence-corrected chi connectivity index (χ0v) is 31.2. The number of thiophene rings is 1. The first-order valence-corrected chi connectivity index (χ1v) is 18.6. The summed E-state index contributed by atoms with van der Waals surface area (Å²) in [6, 6.07) is 5.92. The number of benzene rings is 2. The van der Waals surface area contributed by atoms with Crippen molar-refractivity contribution < 1.29 is 37.0 Å². The summed E-state index contributed by atoms with van der Waals surface area (Å²) in [5.41, 5.74) is -1.61. The Morgan fingerprint density at radius 1 is 1.19 bits per heavy atom. The van der Waals surface area contributed by atoms with Gasteiger partial charge in [-0.15, -0.1) is 11.3 Å². The second-order valence-electron chi connectivity index (χ2n) is 14.8. The van der Waals surface area contributed by atoms with Crippen molar-refractivity contribution in [1.29, 1.82) is 5.26 Å². The van der Waals surface area contributed by atoms with Gasteiger partial charge in [0, 0.05) is 42.4 Å². The minimum absolute atomic E-state index is 0.00431. The molecule has 7 rings (SSSR count). The van der Waals surface area contributed by atoms with E-state index in [1.54, 1.807) is 20.8 Å². The fraction of sp³-hybridized carbons (Fsp3) is 0.486. The van der Waals surface area contributed by atoms with E-state index >= 15 is 8.78 Å². The van der Waals surface area contributed by atoms with E-state index in [1.165, 1.54) is 19.2 Å². The fourth-order valence-corrected chi connectivity index (χ4v) is 9.19. The van der Waals surface area contributed by atoms with Gasteiger partial charge < -0.3 is 19.1 Å². The van der Waals surface area contributed by atoms with Crippen molar-refractivity contribution in [3.05, 3.63) is 40.4 Å². The molecule has 280 valence electrons. The van der Waals surface area contributed by atoms with Crippen LogP contribution in [0.4, 0.5) is 28.8 Å². The van der Waals surface area contributed by atoms with Crippen molar-refractivity contribution in [1.82, 2.24) is 14.9 Å². The summed E-state index contributed by atoms with van der Waals surface area (Å²) < 4.78 is 63.6. The third kappa shape index (κ3) is 6.92. The number of amides is 1. The molecule has 0 aliphatic carbocycles. The number of rotatable bonds is 7. The number of hydrogen-bond donors (Lipinski definition) is 1. The van der Waals surface area contributed by atoms with Gasteiger partial charge in [-0.2, -0.15) is 15.2 Å². The van der Waals surface area contributed by atoms with Crippen molar-refractivity contribution in [3.63, 3.8) is 0 Å². The number of carbonyl (C=O) groups excluding carboxylic acids is 2. The van der Waals surface area contributed by atoms with Crippen LogP contribution in [0.1, 0.15) is 58.4 Å². The first kappa shape index (κ1) is 36.9. The van der Waals surface area contributed by atoms with Gasteiger partial charge in [0.05, 0.1) is 33.9 Å². The molecule has 3 saturated heterocycles. The van der Waals surface area contributed by atoms with Gasteiger partial charge in [-0.3, -0.25) is 15.0 Å². The van der Waals surface area contributed by atoms with Crippen molar-refractivity contribution >= 4 is 66.8 Å². The summed E-state index contributed by atoms with van der Waals surface area (Å²) in [4.78, 5) is 38.2. The number of halogens is 4. The highest BCUT2D eigenvalue weighted by molar-refractivity contribution is 7.23. The number of nitriles is 1. The van der Waals surface area contributed by atoms with Crippen LogP contribution in [0.25, 0.3) is 32.1 Å². The molecule has 2 atom stereocenters. The lowest BCUT2D eigenvalue weighted by atomic mass is 9.95. The minimum Gasteiger partial charge on any atom is -0.469 e. The van der Waals surface area contributed by atoms with Gasteiger partial charge in [0.2, 0.25) is 0 Å². The molecule has 53 heavy (non-hydrogen) atoms. The number of carbonyl (C=O) groups is 2. The molecular formula is C37H38ClF3N6O5S. The summed E-state index contributed by atoms with van der Waals surface area (Å²) in [5, 5.41) is 13.1. The quantitative estimate of drug-likeness (QED) is 0.185. The lowest BCUT2D eigenvalue weighted by Crippen LogP contribution is -2.43. The van der Waals surface area contributed by atoms with E-state index in [0.29, 0.717) is 44.7 Å². The van der Waals surface area contributed by atoms with Crippen molar-refractivity contribution in [2.24, 2.45) is 5.92 Å². The van der Waals surface area contributed by atoms with Crippen LogP contribution in [0, 0.1) is 28.9 Å². The number of methoxy groups -OCH3 is 1. The monoisotopic (exact) mass is 770 g/mol. The molecule has 0 unspecified atom stereocenters. The van der Waals surface area contributed by atoms with E-state index in [-0.39, 0.29) is 72.2 Å². The molecule has 4 aromatic rings. The molecule has 3 fully saturated rings. The van der Waals surface area contributed by atoms with Crippen molar-refractivity contribution in [3.8, 4) is 23.2 Å².